The lowest BCUT2D eigenvalue weighted by Gasteiger charge is -2.10. The second-order valence-electron chi connectivity index (χ2n) is 7.84. The summed E-state index contributed by atoms with van der Waals surface area (Å²) in [6.45, 7) is 4.00. The highest BCUT2D eigenvalue weighted by molar-refractivity contribution is 5.99. The number of halogens is 1. The topological polar surface area (TPSA) is 77.4 Å². The van der Waals surface area contributed by atoms with Crippen LogP contribution in [0.2, 0.25) is 0 Å². The fraction of sp³-hybridized carbons (Fsp3) is 0.269. The molecule has 0 spiro atoms. The Morgan fingerprint density at radius 3 is 2.36 bits per heavy atom. The zero-order chi connectivity index (χ0) is 23.8. The number of ketones is 1. The van der Waals surface area contributed by atoms with E-state index in [1.165, 1.54) is 12.1 Å². The number of ether oxygens (including phenoxy) is 1. The van der Waals surface area contributed by atoms with Crippen molar-refractivity contribution in [2.45, 2.75) is 33.2 Å². The number of nitrogens with zero attached hydrogens (tertiary/aromatic N) is 1. The molecule has 0 saturated heterocycles. The average Bonchev–Trinajstić information content (AvgIpc) is 3.08. The van der Waals surface area contributed by atoms with Gasteiger partial charge in [-0.2, -0.15) is 0 Å². The molecule has 6 nitrogen and oxygen atoms in total. The van der Waals surface area contributed by atoms with Crippen molar-refractivity contribution in [1.82, 2.24) is 9.88 Å². The third kappa shape index (κ3) is 6.87. The summed E-state index contributed by atoms with van der Waals surface area (Å²) in [4.78, 5) is 36.5. The number of nitrogens with one attached hydrogen (secondary N) is 1. The van der Waals surface area contributed by atoms with Crippen LogP contribution in [0.3, 0.4) is 0 Å². The highest BCUT2D eigenvalue weighted by atomic mass is 19.1. The van der Waals surface area contributed by atoms with E-state index < -0.39 is 5.97 Å². The summed E-state index contributed by atoms with van der Waals surface area (Å²) in [6, 6.07) is 17.3. The maximum Gasteiger partial charge on any atom is 0.308 e. The average molecular weight is 451 g/mol. The number of carbonyl (C=O) groups is 3. The summed E-state index contributed by atoms with van der Waals surface area (Å²) in [6.07, 6.45) is 0.222. The molecule has 172 valence electrons. The Hall–Kier alpha value is -3.74. The molecule has 1 amide bonds. The number of benzene rings is 2. The molecule has 0 fully saturated rings. The van der Waals surface area contributed by atoms with Crippen molar-refractivity contribution in [3.63, 3.8) is 0 Å². The number of esters is 1. The molecular formula is C26H27FN2O4. The van der Waals surface area contributed by atoms with Gasteiger partial charge >= 0.3 is 5.97 Å². The summed E-state index contributed by atoms with van der Waals surface area (Å²) in [5.74, 6) is -1.33. The fourth-order valence-electron chi connectivity index (χ4n) is 3.54. The monoisotopic (exact) mass is 450 g/mol. The van der Waals surface area contributed by atoms with Gasteiger partial charge in [0.05, 0.1) is 12.8 Å². The van der Waals surface area contributed by atoms with Crippen molar-refractivity contribution in [3.8, 4) is 0 Å². The Morgan fingerprint density at radius 1 is 0.970 bits per heavy atom. The van der Waals surface area contributed by atoms with Crippen LogP contribution in [0.25, 0.3) is 0 Å². The first-order chi connectivity index (χ1) is 15.8. The number of hydrogen-bond donors (Lipinski definition) is 1. The van der Waals surface area contributed by atoms with E-state index in [-0.39, 0.29) is 43.5 Å². The van der Waals surface area contributed by atoms with E-state index in [0.29, 0.717) is 12.1 Å². The van der Waals surface area contributed by atoms with Crippen molar-refractivity contribution in [2.75, 3.05) is 13.2 Å². The number of Topliss-reactive ketones (excluding diaryl/α,β-unsaturated/α-hetero) is 1. The Labute approximate surface area is 192 Å². The smallest absolute Gasteiger partial charge is 0.308 e. The molecule has 3 aromatic rings. The van der Waals surface area contributed by atoms with Gasteiger partial charge in [-0.25, -0.2) is 4.39 Å². The Bertz CT molecular complexity index is 1120. The highest BCUT2D eigenvalue weighted by Gasteiger charge is 2.17. The van der Waals surface area contributed by atoms with Crippen LogP contribution in [0, 0.1) is 19.7 Å². The van der Waals surface area contributed by atoms with Crippen molar-refractivity contribution >= 4 is 17.7 Å². The van der Waals surface area contributed by atoms with Gasteiger partial charge in [0.1, 0.15) is 5.82 Å². The molecule has 0 unspecified atom stereocenters. The van der Waals surface area contributed by atoms with Gasteiger partial charge < -0.3 is 14.6 Å². The van der Waals surface area contributed by atoms with Gasteiger partial charge in [0.25, 0.3) is 0 Å². The minimum Gasteiger partial charge on any atom is -0.457 e. The molecular weight excluding hydrogens is 423 g/mol. The predicted molar refractivity (Wildman–Crippen MR) is 122 cm³/mol. The van der Waals surface area contributed by atoms with E-state index >= 15 is 0 Å². The first-order valence-electron chi connectivity index (χ1n) is 10.7. The molecule has 0 aliphatic heterocycles. The van der Waals surface area contributed by atoms with Gasteiger partial charge in [-0.15, -0.1) is 0 Å². The second kappa shape index (κ2) is 11.2. The van der Waals surface area contributed by atoms with Crippen molar-refractivity contribution in [1.29, 1.82) is 0 Å². The maximum absolute atomic E-state index is 13.1. The zero-order valence-corrected chi connectivity index (χ0v) is 18.8. The Balaban J connectivity index is 1.45. The van der Waals surface area contributed by atoms with Crippen LogP contribution in [0.5, 0.6) is 0 Å². The molecule has 0 atom stereocenters. The molecule has 0 aliphatic rings. The lowest BCUT2D eigenvalue weighted by molar-refractivity contribution is -0.142. The number of rotatable bonds is 10. The number of aromatic nitrogens is 1. The lowest BCUT2D eigenvalue weighted by Crippen LogP contribution is -2.28. The molecule has 0 bridgehead atoms. The van der Waals surface area contributed by atoms with Crippen LogP contribution in [-0.4, -0.2) is 35.4 Å². The fourth-order valence-corrected chi connectivity index (χ4v) is 3.54. The maximum atomic E-state index is 13.1. The molecule has 3 rings (SSSR count). The van der Waals surface area contributed by atoms with E-state index in [0.717, 1.165) is 22.5 Å². The molecule has 0 saturated carbocycles. The minimum absolute atomic E-state index is 0.0165. The molecule has 33 heavy (non-hydrogen) atoms. The molecule has 1 heterocycles. The Morgan fingerprint density at radius 2 is 1.67 bits per heavy atom. The van der Waals surface area contributed by atoms with Gasteiger partial charge in [0, 0.05) is 30.0 Å². The van der Waals surface area contributed by atoms with Crippen LogP contribution in [0.4, 0.5) is 4.39 Å². The predicted octanol–water partition coefficient (Wildman–Crippen LogP) is 3.77. The zero-order valence-electron chi connectivity index (χ0n) is 18.8. The molecule has 7 heteroatoms. The third-order valence-corrected chi connectivity index (χ3v) is 5.35. The van der Waals surface area contributed by atoms with E-state index in [1.807, 2.05) is 48.7 Å². The Kier molecular flexibility index (Phi) is 8.13. The number of hydrogen-bond acceptors (Lipinski definition) is 4. The molecule has 0 radical (unpaired) electrons. The highest BCUT2D eigenvalue weighted by Crippen LogP contribution is 2.18. The molecule has 1 N–H and O–H groups in total. The summed E-state index contributed by atoms with van der Waals surface area (Å²) in [5.41, 5.74) is 3.93. The lowest BCUT2D eigenvalue weighted by atomic mass is 10.1. The van der Waals surface area contributed by atoms with E-state index in [1.54, 1.807) is 18.2 Å². The van der Waals surface area contributed by atoms with Gasteiger partial charge in [-0.05, 0) is 43.2 Å². The first kappa shape index (κ1) is 23.9. The van der Waals surface area contributed by atoms with Crippen LogP contribution < -0.4 is 5.32 Å². The minimum atomic E-state index is -0.552. The third-order valence-electron chi connectivity index (χ3n) is 5.35. The van der Waals surface area contributed by atoms with Crippen molar-refractivity contribution in [3.05, 3.63) is 94.6 Å². The summed E-state index contributed by atoms with van der Waals surface area (Å²) < 4.78 is 20.2. The summed E-state index contributed by atoms with van der Waals surface area (Å²) in [7, 11) is 0. The quantitative estimate of drug-likeness (QED) is 0.377. The van der Waals surface area contributed by atoms with E-state index in [2.05, 4.69) is 5.32 Å². The number of amides is 1. The van der Waals surface area contributed by atoms with Crippen molar-refractivity contribution < 1.29 is 23.5 Å². The summed E-state index contributed by atoms with van der Waals surface area (Å²) >= 11 is 0. The van der Waals surface area contributed by atoms with Gasteiger partial charge in [0.2, 0.25) is 11.7 Å². The van der Waals surface area contributed by atoms with Gasteiger partial charge in [0.15, 0.2) is 6.61 Å². The number of carbonyl (C=O) groups excluding carboxylic acids is 3. The molecule has 0 aliphatic carbocycles. The van der Waals surface area contributed by atoms with E-state index in [9.17, 15) is 18.8 Å². The van der Waals surface area contributed by atoms with Crippen LogP contribution in [0.15, 0.2) is 60.7 Å². The SMILES string of the molecule is Cc1cc(C(=O)COC(=O)CCNC(=O)Cc2ccccc2)c(C)n1Cc1ccc(F)cc1. The normalized spacial score (nSPS) is 10.6. The van der Waals surface area contributed by atoms with Crippen LogP contribution in [0.1, 0.15) is 39.3 Å². The van der Waals surface area contributed by atoms with Crippen molar-refractivity contribution in [2.24, 2.45) is 0 Å². The standard InChI is InChI=1S/C26H27FN2O4/c1-18-14-23(19(2)29(18)16-21-8-10-22(27)11-9-21)24(30)17-33-26(32)12-13-28-25(31)15-20-6-4-3-5-7-20/h3-11,14H,12-13,15-17H2,1-2H3,(H,28,31). The second-order valence-corrected chi connectivity index (χ2v) is 7.84. The first-order valence-corrected chi connectivity index (χ1v) is 10.7. The molecule has 2 aromatic carbocycles. The summed E-state index contributed by atoms with van der Waals surface area (Å²) in [5, 5.41) is 2.68. The van der Waals surface area contributed by atoms with Gasteiger partial charge in [-0.3, -0.25) is 14.4 Å². The molecule has 1 aromatic heterocycles. The van der Waals surface area contributed by atoms with Crippen LogP contribution >= 0.6 is 0 Å². The number of aryl methyl sites for hydroxylation is 1. The van der Waals surface area contributed by atoms with E-state index in [4.69, 9.17) is 4.74 Å². The van der Waals surface area contributed by atoms with Crippen LogP contribution in [-0.2, 0) is 27.3 Å². The van der Waals surface area contributed by atoms with Gasteiger partial charge in [-0.1, -0.05) is 42.5 Å². The largest absolute Gasteiger partial charge is 0.457 e.